The Morgan fingerprint density at radius 1 is 1.14 bits per heavy atom. The highest BCUT2D eigenvalue weighted by molar-refractivity contribution is 7.71. The van der Waals surface area contributed by atoms with Crippen molar-refractivity contribution in [2.45, 2.75) is 13.0 Å². The Balaban J connectivity index is 2.11. The number of aromatic amines is 1. The number of rotatable bonds is 3. The van der Waals surface area contributed by atoms with Gasteiger partial charge < -0.3 is 0 Å². The minimum absolute atomic E-state index is 0.109. The molecule has 1 unspecified atom stereocenters. The molecule has 0 aliphatic rings. The number of aromatic nitrogens is 3. The van der Waals surface area contributed by atoms with E-state index in [-0.39, 0.29) is 11.9 Å². The van der Waals surface area contributed by atoms with Crippen molar-refractivity contribution in [2.24, 2.45) is 0 Å². The highest BCUT2D eigenvalue weighted by Crippen LogP contribution is 2.25. The lowest BCUT2D eigenvalue weighted by Crippen LogP contribution is -2.09. The highest BCUT2D eigenvalue weighted by atomic mass is 32.1. The Bertz CT molecular complexity index is 808. The zero-order chi connectivity index (χ0) is 14.8. The third kappa shape index (κ3) is 2.64. The standard InChI is InChI=1S/C16H14FN3S/c1-11(13-8-5-9-14(17)10-13)20-15(18-19-16(20)21)12-6-3-2-4-7-12/h2-11H,1H3,(H,19,21). The van der Waals surface area contributed by atoms with Gasteiger partial charge in [0.1, 0.15) is 5.82 Å². The summed E-state index contributed by atoms with van der Waals surface area (Å²) in [5, 5.41) is 7.13. The molecule has 0 fully saturated rings. The molecule has 0 spiro atoms. The first kappa shape index (κ1) is 13.7. The predicted octanol–water partition coefficient (Wildman–Crippen LogP) is 4.36. The molecule has 106 valence electrons. The first-order valence-electron chi connectivity index (χ1n) is 6.64. The summed E-state index contributed by atoms with van der Waals surface area (Å²) in [6.07, 6.45) is 0. The first-order chi connectivity index (χ1) is 10.2. The molecule has 0 radical (unpaired) electrons. The van der Waals surface area contributed by atoms with Gasteiger partial charge in [0.2, 0.25) is 0 Å². The fraction of sp³-hybridized carbons (Fsp3) is 0.125. The van der Waals surface area contributed by atoms with E-state index >= 15 is 0 Å². The zero-order valence-corrected chi connectivity index (χ0v) is 12.3. The summed E-state index contributed by atoms with van der Waals surface area (Å²) in [5.41, 5.74) is 1.82. The van der Waals surface area contributed by atoms with Gasteiger partial charge in [0.25, 0.3) is 0 Å². The molecule has 0 aliphatic carbocycles. The van der Waals surface area contributed by atoms with Crippen molar-refractivity contribution in [3.05, 3.63) is 70.7 Å². The van der Waals surface area contributed by atoms with Crippen LogP contribution in [0.3, 0.4) is 0 Å². The lowest BCUT2D eigenvalue weighted by molar-refractivity contribution is 0.603. The maximum absolute atomic E-state index is 13.4. The van der Waals surface area contributed by atoms with E-state index in [0.29, 0.717) is 4.77 Å². The van der Waals surface area contributed by atoms with Crippen molar-refractivity contribution in [3.8, 4) is 11.4 Å². The molecule has 2 aromatic carbocycles. The summed E-state index contributed by atoms with van der Waals surface area (Å²) < 4.78 is 15.9. The Kier molecular flexibility index (Phi) is 3.66. The summed E-state index contributed by atoms with van der Waals surface area (Å²) in [7, 11) is 0. The average molecular weight is 299 g/mol. The lowest BCUT2D eigenvalue weighted by atomic mass is 10.1. The number of hydrogen-bond acceptors (Lipinski definition) is 2. The van der Waals surface area contributed by atoms with Gasteiger partial charge in [0.15, 0.2) is 10.6 Å². The van der Waals surface area contributed by atoms with Crippen LogP contribution in [0.4, 0.5) is 4.39 Å². The van der Waals surface area contributed by atoms with Crippen molar-refractivity contribution in [1.29, 1.82) is 0 Å². The van der Waals surface area contributed by atoms with E-state index < -0.39 is 0 Å². The maximum Gasteiger partial charge on any atom is 0.196 e. The third-order valence-corrected chi connectivity index (χ3v) is 3.74. The molecule has 5 heteroatoms. The molecule has 1 heterocycles. The van der Waals surface area contributed by atoms with Gasteiger partial charge in [-0.2, -0.15) is 5.10 Å². The number of benzene rings is 2. The van der Waals surface area contributed by atoms with Gasteiger partial charge in [-0.15, -0.1) is 0 Å². The second kappa shape index (κ2) is 5.61. The number of halogens is 1. The zero-order valence-electron chi connectivity index (χ0n) is 11.5. The van der Waals surface area contributed by atoms with Crippen LogP contribution in [-0.4, -0.2) is 14.8 Å². The number of hydrogen-bond donors (Lipinski definition) is 1. The Labute approximate surface area is 127 Å². The molecule has 3 rings (SSSR count). The van der Waals surface area contributed by atoms with E-state index in [2.05, 4.69) is 10.2 Å². The Morgan fingerprint density at radius 3 is 2.62 bits per heavy atom. The fourth-order valence-electron chi connectivity index (χ4n) is 2.37. The highest BCUT2D eigenvalue weighted by Gasteiger charge is 2.16. The fourth-order valence-corrected chi connectivity index (χ4v) is 2.66. The SMILES string of the molecule is CC(c1cccc(F)c1)n1c(-c2ccccc2)n[nH]c1=S. The second-order valence-electron chi connectivity index (χ2n) is 4.82. The second-order valence-corrected chi connectivity index (χ2v) is 5.21. The molecule has 1 aromatic heterocycles. The number of nitrogens with one attached hydrogen (secondary N) is 1. The molecule has 21 heavy (non-hydrogen) atoms. The summed E-state index contributed by atoms with van der Waals surface area (Å²) >= 11 is 5.33. The van der Waals surface area contributed by atoms with E-state index in [0.717, 1.165) is 17.0 Å². The molecular weight excluding hydrogens is 285 g/mol. The van der Waals surface area contributed by atoms with Crippen LogP contribution in [0.1, 0.15) is 18.5 Å². The van der Waals surface area contributed by atoms with E-state index in [9.17, 15) is 4.39 Å². The van der Waals surface area contributed by atoms with Gasteiger partial charge >= 0.3 is 0 Å². The van der Waals surface area contributed by atoms with Crippen LogP contribution < -0.4 is 0 Å². The molecule has 0 bridgehead atoms. The summed E-state index contributed by atoms with van der Waals surface area (Å²) in [6.45, 7) is 1.98. The van der Waals surface area contributed by atoms with Crippen molar-refractivity contribution in [2.75, 3.05) is 0 Å². The maximum atomic E-state index is 13.4. The predicted molar refractivity (Wildman–Crippen MR) is 83.1 cm³/mol. The molecule has 1 N–H and O–H groups in total. The van der Waals surface area contributed by atoms with Crippen LogP contribution >= 0.6 is 12.2 Å². The largest absolute Gasteiger partial charge is 0.293 e. The van der Waals surface area contributed by atoms with E-state index in [1.54, 1.807) is 6.07 Å². The van der Waals surface area contributed by atoms with Crippen LogP contribution in [0.15, 0.2) is 54.6 Å². The lowest BCUT2D eigenvalue weighted by Gasteiger charge is -2.16. The average Bonchev–Trinajstić information content (AvgIpc) is 2.89. The minimum Gasteiger partial charge on any atom is -0.293 e. The van der Waals surface area contributed by atoms with E-state index in [1.165, 1.54) is 12.1 Å². The molecule has 3 aromatic rings. The van der Waals surface area contributed by atoms with Crippen molar-refractivity contribution < 1.29 is 4.39 Å². The van der Waals surface area contributed by atoms with Crippen LogP contribution in [0.5, 0.6) is 0 Å². The van der Waals surface area contributed by atoms with Gasteiger partial charge in [-0.25, -0.2) is 4.39 Å². The van der Waals surface area contributed by atoms with Crippen LogP contribution in [0, 0.1) is 10.6 Å². The summed E-state index contributed by atoms with van der Waals surface area (Å²) in [4.78, 5) is 0. The van der Waals surface area contributed by atoms with E-state index in [1.807, 2.05) is 47.9 Å². The van der Waals surface area contributed by atoms with Crippen LogP contribution in [-0.2, 0) is 0 Å². The van der Waals surface area contributed by atoms with Crippen molar-refractivity contribution in [1.82, 2.24) is 14.8 Å². The molecular formula is C16H14FN3S. The van der Waals surface area contributed by atoms with Crippen LogP contribution in [0.25, 0.3) is 11.4 Å². The van der Waals surface area contributed by atoms with Gasteiger partial charge in [0, 0.05) is 5.56 Å². The molecule has 0 amide bonds. The van der Waals surface area contributed by atoms with Gasteiger partial charge in [-0.1, -0.05) is 42.5 Å². The van der Waals surface area contributed by atoms with Crippen molar-refractivity contribution >= 4 is 12.2 Å². The van der Waals surface area contributed by atoms with E-state index in [4.69, 9.17) is 12.2 Å². The normalized spacial score (nSPS) is 12.3. The Morgan fingerprint density at radius 2 is 1.90 bits per heavy atom. The molecule has 0 saturated carbocycles. The number of H-pyrrole nitrogens is 1. The first-order valence-corrected chi connectivity index (χ1v) is 7.05. The topological polar surface area (TPSA) is 33.6 Å². The van der Waals surface area contributed by atoms with Crippen LogP contribution in [0.2, 0.25) is 0 Å². The van der Waals surface area contributed by atoms with Gasteiger partial charge in [-0.05, 0) is 36.8 Å². The number of nitrogens with zero attached hydrogens (tertiary/aromatic N) is 2. The van der Waals surface area contributed by atoms with Gasteiger partial charge in [0.05, 0.1) is 6.04 Å². The smallest absolute Gasteiger partial charge is 0.196 e. The monoisotopic (exact) mass is 299 g/mol. The molecule has 0 saturated heterocycles. The van der Waals surface area contributed by atoms with Crippen molar-refractivity contribution in [3.63, 3.8) is 0 Å². The molecule has 0 aliphatic heterocycles. The van der Waals surface area contributed by atoms with Gasteiger partial charge in [-0.3, -0.25) is 9.67 Å². The molecule has 1 atom stereocenters. The minimum atomic E-state index is -0.254. The summed E-state index contributed by atoms with van der Waals surface area (Å²) in [6, 6.07) is 16.2. The quantitative estimate of drug-likeness (QED) is 0.729. The molecule has 3 nitrogen and oxygen atoms in total. The Hall–Kier alpha value is -2.27. The third-order valence-electron chi connectivity index (χ3n) is 3.45. The summed E-state index contributed by atoms with van der Waals surface area (Å²) in [5.74, 6) is 0.494.